The summed E-state index contributed by atoms with van der Waals surface area (Å²) in [4.78, 5) is 4.68. The summed E-state index contributed by atoms with van der Waals surface area (Å²) in [6, 6.07) is 14.6. The van der Waals surface area contributed by atoms with Gasteiger partial charge >= 0.3 is 0 Å². The monoisotopic (exact) mass is 633 g/mol. The average Bonchev–Trinajstić information content (AvgIpc) is 3.37. The van der Waals surface area contributed by atoms with Crippen LogP contribution in [-0.2, 0) is 11.2 Å². The number of ether oxygens (including phenoxy) is 2. The first kappa shape index (κ1) is 31.5. The normalized spacial score (nSPS) is 11.4. The Bertz CT molecular complexity index is 1540. The zero-order chi connectivity index (χ0) is 30.4. The highest BCUT2D eigenvalue weighted by molar-refractivity contribution is 7.98. The summed E-state index contributed by atoms with van der Waals surface area (Å²) in [6.07, 6.45) is 2.34. The first-order chi connectivity index (χ1) is 20.0. The summed E-state index contributed by atoms with van der Waals surface area (Å²) in [5, 5.41) is 11.2. The summed E-state index contributed by atoms with van der Waals surface area (Å²) >= 11 is 14.1. The minimum atomic E-state index is -0.570. The molecule has 0 saturated heterocycles. The van der Waals surface area contributed by atoms with Crippen LogP contribution in [0.25, 0.3) is 5.69 Å². The van der Waals surface area contributed by atoms with Crippen molar-refractivity contribution in [2.45, 2.75) is 36.6 Å². The van der Waals surface area contributed by atoms with E-state index < -0.39 is 11.2 Å². The van der Waals surface area contributed by atoms with E-state index in [0.717, 1.165) is 11.3 Å². The van der Waals surface area contributed by atoms with Gasteiger partial charge in [-0.2, -0.15) is 0 Å². The molecule has 42 heavy (non-hydrogen) atoms. The molecule has 12 heteroatoms. The fourth-order valence-corrected chi connectivity index (χ4v) is 5.90. The van der Waals surface area contributed by atoms with E-state index in [0.29, 0.717) is 52.5 Å². The number of imidazole rings is 1. The number of nitrogens with zero attached hydrogens (tertiary/aromatic N) is 2. The van der Waals surface area contributed by atoms with Gasteiger partial charge in [0, 0.05) is 35.0 Å². The van der Waals surface area contributed by atoms with Crippen LogP contribution in [0.3, 0.4) is 0 Å². The molecule has 0 aliphatic heterocycles. The van der Waals surface area contributed by atoms with Gasteiger partial charge in [0.15, 0.2) is 11.1 Å². The molecule has 1 aromatic heterocycles. The van der Waals surface area contributed by atoms with Crippen LogP contribution < -0.4 is 20.5 Å². The third-order valence-corrected chi connectivity index (χ3v) is 8.32. The fraction of sp³-hybridized carbons (Fsp3) is 0.267. The molecular formula is C30H31Cl2F2N5O2S. The minimum Gasteiger partial charge on any atom is -0.495 e. The summed E-state index contributed by atoms with van der Waals surface area (Å²) in [6.45, 7) is 4.86. The highest BCUT2D eigenvalue weighted by Gasteiger charge is 2.30. The maximum absolute atomic E-state index is 15.2. The van der Waals surface area contributed by atoms with E-state index in [9.17, 15) is 4.39 Å². The molecule has 4 aromatic rings. The molecule has 0 amide bonds. The van der Waals surface area contributed by atoms with Crippen LogP contribution in [0.4, 0.5) is 8.78 Å². The second-order valence-corrected chi connectivity index (χ2v) is 11.7. The number of hydrogen-bond acceptors (Lipinski definition) is 5. The van der Waals surface area contributed by atoms with Gasteiger partial charge in [0.2, 0.25) is 0 Å². The summed E-state index contributed by atoms with van der Waals surface area (Å²) in [5.41, 5.74) is 7.47. The van der Waals surface area contributed by atoms with Crippen molar-refractivity contribution >= 4 is 40.9 Å². The van der Waals surface area contributed by atoms with E-state index in [4.69, 9.17) is 43.8 Å². The number of aromatic nitrogens is 2. The average molecular weight is 635 g/mol. The maximum atomic E-state index is 15.2. The van der Waals surface area contributed by atoms with Crippen molar-refractivity contribution < 1.29 is 18.3 Å². The second kappa shape index (κ2) is 13.7. The van der Waals surface area contributed by atoms with Gasteiger partial charge in [0.25, 0.3) is 0 Å². The number of hydrogen-bond donors (Lipinski definition) is 3. The van der Waals surface area contributed by atoms with E-state index in [-0.39, 0.29) is 22.6 Å². The van der Waals surface area contributed by atoms with Crippen molar-refractivity contribution in [1.29, 1.82) is 5.41 Å². The van der Waals surface area contributed by atoms with E-state index in [1.54, 1.807) is 37.6 Å². The third-order valence-electron chi connectivity index (χ3n) is 6.69. The third kappa shape index (κ3) is 7.29. The van der Waals surface area contributed by atoms with E-state index in [1.165, 1.54) is 30.0 Å². The lowest BCUT2D eigenvalue weighted by atomic mass is 9.81. The van der Waals surface area contributed by atoms with Gasteiger partial charge in [-0.05, 0) is 54.4 Å². The minimum absolute atomic E-state index is 0.119. The number of nitrogens with one attached hydrogen (secondary N) is 2. The van der Waals surface area contributed by atoms with E-state index >= 15 is 4.39 Å². The topological polar surface area (TPSA) is 98.2 Å². The largest absolute Gasteiger partial charge is 0.495 e. The van der Waals surface area contributed by atoms with Gasteiger partial charge in [-0.3, -0.25) is 9.98 Å². The van der Waals surface area contributed by atoms with Gasteiger partial charge in [-0.1, -0.05) is 54.9 Å². The zero-order valence-corrected chi connectivity index (χ0v) is 25.6. The Balaban J connectivity index is 1.61. The molecule has 3 aromatic carbocycles. The highest BCUT2D eigenvalue weighted by atomic mass is 35.5. The Morgan fingerprint density at radius 1 is 1.10 bits per heavy atom. The highest BCUT2D eigenvalue weighted by Crippen LogP contribution is 2.40. The summed E-state index contributed by atoms with van der Waals surface area (Å²) in [7, 11) is 1.56. The van der Waals surface area contributed by atoms with Crippen LogP contribution >= 0.6 is 35.0 Å². The van der Waals surface area contributed by atoms with Gasteiger partial charge in [0.05, 0.1) is 35.7 Å². The van der Waals surface area contributed by atoms with Crippen LogP contribution in [0.5, 0.6) is 11.5 Å². The van der Waals surface area contributed by atoms with E-state index in [1.807, 2.05) is 30.5 Å². The Morgan fingerprint density at radius 3 is 2.50 bits per heavy atom. The molecule has 222 valence electrons. The standard InChI is InChI=1S/C30H31Cl2F2N5O2S/c1-30(2,18-5-10-23(31)26(13-18)40-3)27-16-38-29(39(27)20-8-6-19(33)7-9-20)42-17-22-24(32)14-21(15-25(22)34)41-12-4-11-37-28(35)36/h5-10,13-16H,4,11-12,17H2,1-3H3,(H4,35,36,37). The van der Waals surface area contributed by atoms with Crippen molar-refractivity contribution in [3.05, 3.63) is 99.3 Å². The molecule has 4 N–H and O–H groups in total. The lowest BCUT2D eigenvalue weighted by molar-refractivity contribution is 0.309. The summed E-state index contributed by atoms with van der Waals surface area (Å²) in [5.74, 6) is 0.0784. The molecule has 0 fully saturated rings. The van der Waals surface area contributed by atoms with Gasteiger partial charge < -0.3 is 20.5 Å². The van der Waals surface area contributed by atoms with Crippen molar-refractivity contribution in [3.63, 3.8) is 0 Å². The molecule has 4 rings (SSSR count). The Labute approximate surface area is 257 Å². The first-order valence-electron chi connectivity index (χ1n) is 13.0. The Hall–Kier alpha value is -3.47. The van der Waals surface area contributed by atoms with Crippen LogP contribution in [0.1, 0.15) is 37.1 Å². The molecule has 0 bridgehead atoms. The molecule has 0 spiro atoms. The Morgan fingerprint density at radius 2 is 1.83 bits per heavy atom. The first-order valence-corrected chi connectivity index (χ1v) is 14.7. The molecule has 0 atom stereocenters. The van der Waals surface area contributed by atoms with Gasteiger partial charge in [-0.25, -0.2) is 13.8 Å². The lowest BCUT2D eigenvalue weighted by Crippen LogP contribution is -2.31. The van der Waals surface area contributed by atoms with Crippen molar-refractivity contribution in [3.8, 4) is 17.2 Å². The SMILES string of the molecule is COc1cc(C(C)(C)c2cnc(SCc3c(F)cc(OCCCNC(=N)N)cc3Cl)n2-c2ccc(F)cc2)ccc1Cl. The number of benzene rings is 3. The molecule has 0 radical (unpaired) electrons. The van der Waals surface area contributed by atoms with Gasteiger partial charge in [-0.15, -0.1) is 0 Å². The number of halogens is 4. The number of guanidine groups is 1. The van der Waals surface area contributed by atoms with Crippen molar-refractivity contribution in [1.82, 2.24) is 14.9 Å². The van der Waals surface area contributed by atoms with Crippen LogP contribution in [0.2, 0.25) is 10.0 Å². The number of rotatable bonds is 12. The predicted octanol–water partition coefficient (Wildman–Crippen LogP) is 7.34. The fourth-order valence-electron chi connectivity index (χ4n) is 4.34. The lowest BCUT2D eigenvalue weighted by Gasteiger charge is -2.28. The molecule has 7 nitrogen and oxygen atoms in total. The Kier molecular flexibility index (Phi) is 10.2. The smallest absolute Gasteiger partial charge is 0.185 e. The molecule has 0 unspecified atom stereocenters. The molecule has 0 saturated carbocycles. The van der Waals surface area contributed by atoms with Crippen LogP contribution in [-0.4, -0.2) is 35.8 Å². The number of nitrogens with two attached hydrogens (primary N) is 1. The van der Waals surface area contributed by atoms with Gasteiger partial charge in [0.1, 0.15) is 23.1 Å². The van der Waals surface area contributed by atoms with Crippen LogP contribution in [0, 0.1) is 17.0 Å². The second-order valence-electron chi connectivity index (χ2n) is 9.91. The molecule has 0 aliphatic rings. The zero-order valence-electron chi connectivity index (χ0n) is 23.3. The number of thioether (sulfide) groups is 1. The predicted molar refractivity (Wildman–Crippen MR) is 165 cm³/mol. The van der Waals surface area contributed by atoms with E-state index in [2.05, 4.69) is 10.3 Å². The molecule has 0 aliphatic carbocycles. The van der Waals surface area contributed by atoms with Crippen molar-refractivity contribution in [2.75, 3.05) is 20.3 Å². The van der Waals surface area contributed by atoms with Crippen LogP contribution in [0.15, 0.2) is 66.0 Å². The van der Waals surface area contributed by atoms with Crippen molar-refractivity contribution in [2.24, 2.45) is 5.73 Å². The number of methoxy groups -OCH3 is 1. The molecule has 1 heterocycles. The summed E-state index contributed by atoms with van der Waals surface area (Å²) < 4.78 is 42.0. The molecular weight excluding hydrogens is 603 g/mol. The maximum Gasteiger partial charge on any atom is 0.185 e. The quantitative estimate of drug-likeness (QED) is 0.0653.